The van der Waals surface area contributed by atoms with E-state index in [-0.39, 0.29) is 5.54 Å². The molecule has 2 aliphatic carbocycles. The van der Waals surface area contributed by atoms with Gasteiger partial charge in [0.1, 0.15) is 0 Å². The molecule has 1 saturated heterocycles. The highest BCUT2D eigenvalue weighted by atomic mass is 16.2. The Balaban J connectivity index is 1.46. The van der Waals surface area contributed by atoms with Crippen LogP contribution >= 0.6 is 0 Å². The van der Waals surface area contributed by atoms with E-state index in [2.05, 4.69) is 11.8 Å². The molecule has 0 bridgehead atoms. The summed E-state index contributed by atoms with van der Waals surface area (Å²) in [5, 5.41) is 0. The van der Waals surface area contributed by atoms with E-state index < -0.39 is 0 Å². The molecular formula is C13H23N3O. The first kappa shape index (κ1) is 11.5. The lowest BCUT2D eigenvalue weighted by Crippen LogP contribution is -2.69. The average Bonchev–Trinajstić information content (AvgIpc) is 3.09. The van der Waals surface area contributed by atoms with Gasteiger partial charge in [-0.3, -0.25) is 9.69 Å². The lowest BCUT2D eigenvalue weighted by Gasteiger charge is -2.48. The molecule has 3 fully saturated rings. The Morgan fingerprint density at radius 3 is 2.47 bits per heavy atom. The maximum atomic E-state index is 12.1. The SMILES string of the molecule is CCN(C(=O)CN1CC(N)(C2CC2)C1)C1CC1. The molecule has 3 rings (SSSR count). The number of rotatable bonds is 5. The fourth-order valence-corrected chi connectivity index (χ4v) is 3.12. The highest BCUT2D eigenvalue weighted by Crippen LogP contribution is 2.42. The normalized spacial score (nSPS) is 27.6. The fraction of sp³-hybridized carbons (Fsp3) is 0.923. The molecule has 2 N–H and O–H groups in total. The van der Waals surface area contributed by atoms with Crippen LogP contribution in [0.1, 0.15) is 32.6 Å². The van der Waals surface area contributed by atoms with Gasteiger partial charge in [0.15, 0.2) is 0 Å². The van der Waals surface area contributed by atoms with E-state index in [4.69, 9.17) is 5.73 Å². The van der Waals surface area contributed by atoms with E-state index in [0.29, 0.717) is 18.5 Å². The summed E-state index contributed by atoms with van der Waals surface area (Å²) >= 11 is 0. The minimum atomic E-state index is 0.0386. The molecule has 0 spiro atoms. The van der Waals surface area contributed by atoms with E-state index in [1.807, 2.05) is 4.90 Å². The van der Waals surface area contributed by atoms with Crippen LogP contribution in [-0.2, 0) is 4.79 Å². The topological polar surface area (TPSA) is 49.6 Å². The molecule has 0 atom stereocenters. The van der Waals surface area contributed by atoms with Crippen LogP contribution in [0.25, 0.3) is 0 Å². The second-order valence-corrected chi connectivity index (χ2v) is 6.06. The molecule has 4 heteroatoms. The number of carbonyl (C=O) groups excluding carboxylic acids is 1. The van der Waals surface area contributed by atoms with Gasteiger partial charge in [-0.05, 0) is 38.5 Å². The third-order valence-corrected chi connectivity index (χ3v) is 4.43. The Morgan fingerprint density at radius 2 is 2.00 bits per heavy atom. The van der Waals surface area contributed by atoms with Crippen molar-refractivity contribution in [3.8, 4) is 0 Å². The minimum Gasteiger partial charge on any atom is -0.339 e. The average molecular weight is 237 g/mol. The van der Waals surface area contributed by atoms with Gasteiger partial charge < -0.3 is 10.6 Å². The van der Waals surface area contributed by atoms with Gasteiger partial charge in [-0.2, -0.15) is 0 Å². The summed E-state index contributed by atoms with van der Waals surface area (Å²) in [5.41, 5.74) is 6.33. The number of carbonyl (C=O) groups is 1. The molecular weight excluding hydrogens is 214 g/mol. The molecule has 0 unspecified atom stereocenters. The quantitative estimate of drug-likeness (QED) is 0.754. The second kappa shape index (κ2) is 3.95. The van der Waals surface area contributed by atoms with Gasteiger partial charge in [0, 0.05) is 31.2 Å². The largest absolute Gasteiger partial charge is 0.339 e. The Bertz CT molecular complexity index is 317. The minimum absolute atomic E-state index is 0.0386. The van der Waals surface area contributed by atoms with Gasteiger partial charge in [0.05, 0.1) is 6.54 Å². The van der Waals surface area contributed by atoms with Crippen LogP contribution in [-0.4, -0.2) is 53.5 Å². The number of nitrogens with zero attached hydrogens (tertiary/aromatic N) is 2. The Morgan fingerprint density at radius 1 is 1.35 bits per heavy atom. The standard InChI is InChI=1S/C13H23N3O/c1-2-16(11-5-6-11)12(17)7-15-8-13(14,9-15)10-3-4-10/h10-11H,2-9,14H2,1H3. The first-order valence-corrected chi connectivity index (χ1v) is 6.93. The van der Waals surface area contributed by atoms with Crippen LogP contribution < -0.4 is 5.73 Å². The number of hydrogen-bond donors (Lipinski definition) is 1. The molecule has 0 aromatic heterocycles. The predicted octanol–water partition coefficient (Wildman–Crippen LogP) is 0.420. The highest BCUT2D eigenvalue weighted by molar-refractivity contribution is 5.79. The Kier molecular flexibility index (Phi) is 2.67. The zero-order valence-corrected chi connectivity index (χ0v) is 10.7. The maximum Gasteiger partial charge on any atom is 0.236 e. The van der Waals surface area contributed by atoms with Crippen molar-refractivity contribution in [2.24, 2.45) is 11.7 Å². The zero-order chi connectivity index (χ0) is 12.0. The van der Waals surface area contributed by atoms with Gasteiger partial charge in [-0.1, -0.05) is 0 Å². The molecule has 0 aromatic carbocycles. The van der Waals surface area contributed by atoms with Crippen molar-refractivity contribution in [3.63, 3.8) is 0 Å². The number of likely N-dealkylation sites (tertiary alicyclic amines) is 1. The van der Waals surface area contributed by atoms with Crippen LogP contribution in [0.2, 0.25) is 0 Å². The van der Waals surface area contributed by atoms with Gasteiger partial charge in [-0.15, -0.1) is 0 Å². The Hall–Kier alpha value is -0.610. The van der Waals surface area contributed by atoms with Crippen molar-refractivity contribution in [3.05, 3.63) is 0 Å². The lowest BCUT2D eigenvalue weighted by atomic mass is 9.86. The van der Waals surface area contributed by atoms with E-state index >= 15 is 0 Å². The summed E-state index contributed by atoms with van der Waals surface area (Å²) in [6, 6.07) is 0.542. The Labute approximate surface area is 103 Å². The van der Waals surface area contributed by atoms with Crippen molar-refractivity contribution >= 4 is 5.91 Å². The monoisotopic (exact) mass is 237 g/mol. The van der Waals surface area contributed by atoms with Gasteiger partial charge in [0.25, 0.3) is 0 Å². The van der Waals surface area contributed by atoms with E-state index in [0.717, 1.165) is 25.6 Å². The highest BCUT2D eigenvalue weighted by Gasteiger charge is 2.50. The smallest absolute Gasteiger partial charge is 0.236 e. The number of likely N-dealkylation sites (N-methyl/N-ethyl adjacent to an activating group) is 1. The van der Waals surface area contributed by atoms with E-state index in [1.54, 1.807) is 0 Å². The predicted molar refractivity (Wildman–Crippen MR) is 66.5 cm³/mol. The van der Waals surface area contributed by atoms with E-state index in [9.17, 15) is 4.79 Å². The van der Waals surface area contributed by atoms with Crippen molar-refractivity contribution in [2.75, 3.05) is 26.2 Å². The second-order valence-electron chi connectivity index (χ2n) is 6.06. The van der Waals surface area contributed by atoms with Crippen molar-refractivity contribution < 1.29 is 4.79 Å². The van der Waals surface area contributed by atoms with Crippen LogP contribution in [0.15, 0.2) is 0 Å². The summed E-state index contributed by atoms with van der Waals surface area (Å²) in [4.78, 5) is 16.3. The first-order chi connectivity index (χ1) is 8.12. The fourth-order valence-electron chi connectivity index (χ4n) is 3.12. The van der Waals surface area contributed by atoms with Crippen molar-refractivity contribution in [1.29, 1.82) is 0 Å². The molecule has 96 valence electrons. The molecule has 2 saturated carbocycles. The molecule has 0 aromatic rings. The maximum absolute atomic E-state index is 12.1. The van der Waals surface area contributed by atoms with Gasteiger partial charge in [0.2, 0.25) is 5.91 Å². The summed E-state index contributed by atoms with van der Waals surface area (Å²) in [6.45, 7) is 5.35. The number of nitrogens with two attached hydrogens (primary N) is 1. The molecule has 4 nitrogen and oxygen atoms in total. The molecule has 3 aliphatic rings. The number of hydrogen-bond acceptors (Lipinski definition) is 3. The molecule has 0 radical (unpaired) electrons. The molecule has 1 heterocycles. The summed E-state index contributed by atoms with van der Waals surface area (Å²) < 4.78 is 0. The first-order valence-electron chi connectivity index (χ1n) is 6.93. The lowest BCUT2D eigenvalue weighted by molar-refractivity contribution is -0.135. The van der Waals surface area contributed by atoms with Gasteiger partial charge >= 0.3 is 0 Å². The van der Waals surface area contributed by atoms with Crippen LogP contribution in [0.4, 0.5) is 0 Å². The third-order valence-electron chi connectivity index (χ3n) is 4.43. The summed E-state index contributed by atoms with van der Waals surface area (Å²) in [5.74, 6) is 1.03. The third kappa shape index (κ3) is 2.20. The van der Waals surface area contributed by atoms with Crippen molar-refractivity contribution in [2.45, 2.75) is 44.2 Å². The molecule has 17 heavy (non-hydrogen) atoms. The molecule has 1 amide bonds. The van der Waals surface area contributed by atoms with Crippen LogP contribution in [0.5, 0.6) is 0 Å². The zero-order valence-electron chi connectivity index (χ0n) is 10.7. The van der Waals surface area contributed by atoms with Crippen molar-refractivity contribution in [1.82, 2.24) is 9.80 Å². The van der Waals surface area contributed by atoms with Crippen LogP contribution in [0, 0.1) is 5.92 Å². The van der Waals surface area contributed by atoms with E-state index in [1.165, 1.54) is 25.7 Å². The summed E-state index contributed by atoms with van der Waals surface area (Å²) in [7, 11) is 0. The summed E-state index contributed by atoms with van der Waals surface area (Å²) in [6.07, 6.45) is 4.98. The van der Waals surface area contributed by atoms with Gasteiger partial charge in [-0.25, -0.2) is 0 Å². The molecule has 1 aliphatic heterocycles. The number of amides is 1. The van der Waals surface area contributed by atoms with Crippen LogP contribution in [0.3, 0.4) is 0 Å².